The highest BCUT2D eigenvalue weighted by molar-refractivity contribution is 5.86. The Bertz CT molecular complexity index is 749. The smallest absolute Gasteiger partial charge is 0.229 e. The lowest BCUT2D eigenvalue weighted by Crippen LogP contribution is -2.24. The number of aryl methyl sites for hydroxylation is 1. The predicted octanol–water partition coefficient (Wildman–Crippen LogP) is 1.97. The average Bonchev–Trinajstić information content (AvgIpc) is 2.88. The van der Waals surface area contributed by atoms with Crippen LogP contribution in [0.1, 0.15) is 12.5 Å². The fourth-order valence-electron chi connectivity index (χ4n) is 2.30. The first-order chi connectivity index (χ1) is 10.2. The van der Waals surface area contributed by atoms with E-state index in [-0.39, 0.29) is 0 Å². The molecule has 0 bridgehead atoms. The summed E-state index contributed by atoms with van der Waals surface area (Å²) in [6.45, 7) is 3.63. The van der Waals surface area contributed by atoms with Crippen molar-refractivity contribution in [2.24, 2.45) is 7.05 Å². The van der Waals surface area contributed by atoms with Crippen LogP contribution >= 0.6 is 0 Å². The van der Waals surface area contributed by atoms with Crippen LogP contribution < -0.4 is 10.6 Å². The molecule has 0 fully saturated rings. The normalized spacial score (nSPS) is 11.0. The highest BCUT2D eigenvalue weighted by Gasteiger charge is 2.14. The molecular formula is C15H18N6. The molecule has 0 saturated heterocycles. The third-order valence-electron chi connectivity index (χ3n) is 3.49. The van der Waals surface area contributed by atoms with E-state index in [1.165, 1.54) is 5.56 Å². The Labute approximate surface area is 123 Å². The van der Waals surface area contributed by atoms with Crippen LogP contribution in [0.5, 0.6) is 0 Å². The van der Waals surface area contributed by atoms with Gasteiger partial charge in [-0.25, -0.2) is 0 Å². The number of aromatic nitrogens is 4. The van der Waals surface area contributed by atoms with Gasteiger partial charge in [-0.2, -0.15) is 15.1 Å². The van der Waals surface area contributed by atoms with Crippen molar-refractivity contribution >= 4 is 22.8 Å². The molecular weight excluding hydrogens is 264 g/mol. The Morgan fingerprint density at radius 1 is 1.19 bits per heavy atom. The standard InChI is InChI=1S/C15H18N6/c1-3-21(10-11-7-5-4-6-8-11)15-18-13(16)12-9-17-20(2)14(12)19-15/h4-9H,3,10H2,1-2H3,(H2,16,18,19). The van der Waals surface area contributed by atoms with E-state index in [0.29, 0.717) is 11.8 Å². The van der Waals surface area contributed by atoms with E-state index in [1.807, 2.05) is 25.2 Å². The van der Waals surface area contributed by atoms with Gasteiger partial charge in [-0.3, -0.25) is 4.68 Å². The van der Waals surface area contributed by atoms with Gasteiger partial charge in [-0.15, -0.1) is 0 Å². The minimum absolute atomic E-state index is 0.467. The largest absolute Gasteiger partial charge is 0.383 e. The van der Waals surface area contributed by atoms with Crippen molar-refractivity contribution in [3.05, 3.63) is 42.1 Å². The summed E-state index contributed by atoms with van der Waals surface area (Å²) in [6, 6.07) is 10.3. The number of anilines is 2. The van der Waals surface area contributed by atoms with Crippen LogP contribution in [0.4, 0.5) is 11.8 Å². The van der Waals surface area contributed by atoms with Crippen LogP contribution in [0.3, 0.4) is 0 Å². The second kappa shape index (κ2) is 5.40. The van der Waals surface area contributed by atoms with E-state index in [0.717, 1.165) is 24.1 Å². The number of hydrogen-bond acceptors (Lipinski definition) is 5. The van der Waals surface area contributed by atoms with Crippen molar-refractivity contribution < 1.29 is 0 Å². The summed E-state index contributed by atoms with van der Waals surface area (Å²) in [5.74, 6) is 1.10. The van der Waals surface area contributed by atoms with Crippen LogP contribution in [0.25, 0.3) is 11.0 Å². The summed E-state index contributed by atoms with van der Waals surface area (Å²) >= 11 is 0. The molecule has 21 heavy (non-hydrogen) atoms. The Morgan fingerprint density at radius 3 is 2.67 bits per heavy atom. The molecule has 0 amide bonds. The first-order valence-corrected chi connectivity index (χ1v) is 6.93. The van der Waals surface area contributed by atoms with E-state index < -0.39 is 0 Å². The molecule has 0 atom stereocenters. The zero-order valence-corrected chi connectivity index (χ0v) is 12.2. The Balaban J connectivity index is 1.98. The second-order valence-corrected chi connectivity index (χ2v) is 4.91. The quantitative estimate of drug-likeness (QED) is 0.792. The van der Waals surface area contributed by atoms with Crippen molar-refractivity contribution in [3.63, 3.8) is 0 Å². The van der Waals surface area contributed by atoms with Crippen molar-refractivity contribution in [3.8, 4) is 0 Å². The van der Waals surface area contributed by atoms with Gasteiger partial charge in [0.2, 0.25) is 5.95 Å². The minimum Gasteiger partial charge on any atom is -0.383 e. The number of hydrogen-bond donors (Lipinski definition) is 1. The van der Waals surface area contributed by atoms with Gasteiger partial charge in [0, 0.05) is 20.1 Å². The summed E-state index contributed by atoms with van der Waals surface area (Å²) in [7, 11) is 1.85. The van der Waals surface area contributed by atoms with Gasteiger partial charge in [0.15, 0.2) is 5.65 Å². The molecule has 0 aliphatic carbocycles. The molecule has 0 unspecified atom stereocenters. The number of benzene rings is 1. The maximum Gasteiger partial charge on any atom is 0.229 e. The number of nitrogens with two attached hydrogens (primary N) is 1. The lowest BCUT2D eigenvalue weighted by Gasteiger charge is -2.21. The van der Waals surface area contributed by atoms with Gasteiger partial charge in [0.1, 0.15) is 5.82 Å². The third-order valence-corrected chi connectivity index (χ3v) is 3.49. The number of fused-ring (bicyclic) bond motifs is 1. The Morgan fingerprint density at radius 2 is 1.95 bits per heavy atom. The van der Waals surface area contributed by atoms with E-state index in [4.69, 9.17) is 5.73 Å². The van der Waals surface area contributed by atoms with E-state index in [1.54, 1.807) is 10.9 Å². The summed E-state index contributed by atoms with van der Waals surface area (Å²) in [5, 5.41) is 4.97. The monoisotopic (exact) mass is 282 g/mol. The molecule has 108 valence electrons. The molecule has 2 aromatic heterocycles. The molecule has 3 rings (SSSR count). The summed E-state index contributed by atoms with van der Waals surface area (Å²) in [4.78, 5) is 11.1. The highest BCUT2D eigenvalue weighted by atomic mass is 15.3. The van der Waals surface area contributed by atoms with Gasteiger partial charge < -0.3 is 10.6 Å². The van der Waals surface area contributed by atoms with Crippen molar-refractivity contribution in [1.82, 2.24) is 19.7 Å². The van der Waals surface area contributed by atoms with E-state index in [9.17, 15) is 0 Å². The maximum atomic E-state index is 6.03. The molecule has 0 radical (unpaired) electrons. The molecule has 0 spiro atoms. The van der Waals surface area contributed by atoms with Gasteiger partial charge in [-0.1, -0.05) is 30.3 Å². The van der Waals surface area contributed by atoms with E-state index >= 15 is 0 Å². The van der Waals surface area contributed by atoms with E-state index in [2.05, 4.69) is 39.0 Å². The zero-order chi connectivity index (χ0) is 14.8. The van der Waals surface area contributed by atoms with Crippen molar-refractivity contribution in [1.29, 1.82) is 0 Å². The van der Waals surface area contributed by atoms with Crippen LogP contribution in [0, 0.1) is 0 Å². The summed E-state index contributed by atoms with van der Waals surface area (Å²) in [6.07, 6.45) is 1.70. The SMILES string of the molecule is CCN(Cc1ccccc1)c1nc(N)c2cnn(C)c2n1. The minimum atomic E-state index is 0.467. The van der Waals surface area contributed by atoms with Crippen LogP contribution in [0.15, 0.2) is 36.5 Å². The van der Waals surface area contributed by atoms with Crippen LogP contribution in [-0.4, -0.2) is 26.3 Å². The maximum absolute atomic E-state index is 6.03. The average molecular weight is 282 g/mol. The van der Waals surface area contributed by atoms with Gasteiger partial charge >= 0.3 is 0 Å². The summed E-state index contributed by atoms with van der Waals surface area (Å²) < 4.78 is 1.72. The van der Waals surface area contributed by atoms with Gasteiger partial charge in [0.05, 0.1) is 11.6 Å². The molecule has 0 aliphatic rings. The molecule has 2 heterocycles. The lowest BCUT2D eigenvalue weighted by atomic mass is 10.2. The second-order valence-electron chi connectivity index (χ2n) is 4.91. The third kappa shape index (κ3) is 2.52. The van der Waals surface area contributed by atoms with Crippen LogP contribution in [-0.2, 0) is 13.6 Å². The molecule has 6 heteroatoms. The number of nitrogens with zero attached hydrogens (tertiary/aromatic N) is 5. The van der Waals surface area contributed by atoms with Gasteiger partial charge in [-0.05, 0) is 12.5 Å². The summed E-state index contributed by atoms with van der Waals surface area (Å²) in [5.41, 5.74) is 7.99. The molecule has 0 saturated carbocycles. The lowest BCUT2D eigenvalue weighted by molar-refractivity contribution is 0.768. The predicted molar refractivity (Wildman–Crippen MR) is 83.9 cm³/mol. The Kier molecular flexibility index (Phi) is 3.43. The first-order valence-electron chi connectivity index (χ1n) is 6.93. The van der Waals surface area contributed by atoms with Crippen LogP contribution in [0.2, 0.25) is 0 Å². The molecule has 6 nitrogen and oxygen atoms in total. The molecule has 3 aromatic rings. The first kappa shape index (κ1) is 13.4. The fraction of sp³-hybridized carbons (Fsp3) is 0.267. The fourth-order valence-corrected chi connectivity index (χ4v) is 2.30. The molecule has 0 aliphatic heterocycles. The van der Waals surface area contributed by atoms with Gasteiger partial charge in [0.25, 0.3) is 0 Å². The highest BCUT2D eigenvalue weighted by Crippen LogP contribution is 2.21. The zero-order valence-electron chi connectivity index (χ0n) is 12.2. The topological polar surface area (TPSA) is 72.9 Å². The Hall–Kier alpha value is -2.63. The number of nitrogen functional groups attached to an aromatic ring is 1. The van der Waals surface area contributed by atoms with Crippen molar-refractivity contribution in [2.75, 3.05) is 17.2 Å². The molecule has 2 N–H and O–H groups in total. The molecule has 1 aromatic carbocycles. The van der Waals surface area contributed by atoms with Crippen molar-refractivity contribution in [2.45, 2.75) is 13.5 Å². The number of rotatable bonds is 4.